The molecule has 0 unspecified atom stereocenters. The lowest BCUT2D eigenvalue weighted by atomic mass is 9.86. The van der Waals surface area contributed by atoms with Crippen LogP contribution >= 0.6 is 0 Å². The van der Waals surface area contributed by atoms with E-state index in [1.54, 1.807) is 13.3 Å². The smallest absolute Gasteiger partial charge is 0.230 e. The summed E-state index contributed by atoms with van der Waals surface area (Å²) in [4.78, 5) is 20.4. The van der Waals surface area contributed by atoms with Crippen LogP contribution in [0.15, 0.2) is 48.9 Å². The molecule has 3 heterocycles. The van der Waals surface area contributed by atoms with Crippen LogP contribution in [0.2, 0.25) is 0 Å². The third-order valence-electron chi connectivity index (χ3n) is 6.99. The van der Waals surface area contributed by atoms with E-state index in [2.05, 4.69) is 54.5 Å². The van der Waals surface area contributed by atoms with E-state index in [9.17, 15) is 4.79 Å². The van der Waals surface area contributed by atoms with E-state index < -0.39 is 0 Å². The molecule has 5 rings (SSSR count). The number of rotatable bonds is 3. The highest BCUT2D eigenvalue weighted by Gasteiger charge is 2.33. The summed E-state index contributed by atoms with van der Waals surface area (Å²) in [7, 11) is 1.76. The first-order chi connectivity index (χ1) is 16.3. The van der Waals surface area contributed by atoms with Crippen LogP contribution in [0.25, 0.3) is 11.1 Å². The average Bonchev–Trinajstić information content (AvgIpc) is 3.28. The summed E-state index contributed by atoms with van der Waals surface area (Å²) in [6.45, 7) is 6.89. The lowest BCUT2D eigenvalue weighted by molar-refractivity contribution is -0.124. The Balaban J connectivity index is 1.53. The van der Waals surface area contributed by atoms with Crippen molar-refractivity contribution in [2.24, 2.45) is 5.92 Å². The first-order valence-corrected chi connectivity index (χ1v) is 12.1. The quantitative estimate of drug-likeness (QED) is 0.560. The molecule has 0 spiro atoms. The highest BCUT2D eigenvalue weighted by molar-refractivity contribution is 6.00. The zero-order valence-corrected chi connectivity index (χ0v) is 20.4. The molecule has 34 heavy (non-hydrogen) atoms. The number of fused-ring (bicyclic) bond motifs is 2. The number of nitrogens with zero attached hydrogens (tertiary/aromatic N) is 4. The number of hydrogen-bond acceptors (Lipinski definition) is 5. The third kappa shape index (κ3) is 4.32. The molecule has 178 valence electrons. The van der Waals surface area contributed by atoms with Gasteiger partial charge in [0.15, 0.2) is 0 Å². The number of ether oxygens (including phenoxy) is 1. The Bertz CT molecular complexity index is 1190. The van der Waals surface area contributed by atoms with Crippen molar-refractivity contribution in [2.75, 3.05) is 17.3 Å². The minimum Gasteiger partial charge on any atom is -0.381 e. The van der Waals surface area contributed by atoms with E-state index in [-0.39, 0.29) is 23.5 Å². The zero-order chi connectivity index (χ0) is 23.9. The number of hydrogen-bond donors (Lipinski definition) is 1. The molecule has 1 amide bonds. The number of methoxy groups -OCH3 is 1. The van der Waals surface area contributed by atoms with Gasteiger partial charge in [-0.3, -0.25) is 9.48 Å². The summed E-state index contributed by atoms with van der Waals surface area (Å²) in [5.74, 6) is 0.983. The van der Waals surface area contributed by atoms with Gasteiger partial charge in [-0.05, 0) is 70.2 Å². The summed E-state index contributed by atoms with van der Waals surface area (Å²) in [5, 5.41) is 8.04. The molecule has 7 nitrogen and oxygen atoms in total. The number of pyridine rings is 1. The highest BCUT2D eigenvalue weighted by atomic mass is 16.5. The van der Waals surface area contributed by atoms with Gasteiger partial charge in [0, 0.05) is 36.5 Å². The lowest BCUT2D eigenvalue weighted by Crippen LogP contribution is -2.38. The summed E-state index contributed by atoms with van der Waals surface area (Å²) >= 11 is 0. The van der Waals surface area contributed by atoms with Gasteiger partial charge < -0.3 is 15.0 Å². The van der Waals surface area contributed by atoms with Crippen molar-refractivity contribution in [3.8, 4) is 11.1 Å². The standard InChI is InChI=1S/C27H33N5O2/c1-27(2,3)32-17-21(15-29-32)19-9-12-23-24(14-19)31(16-20-6-5-13-28-25(20)30-23)26(33)18-7-10-22(34-4)11-8-18/h5-6,9,12-15,17-18,22H,7-8,10-11,16H2,1-4H3,(H,28,30)/t18-,22-. The number of amides is 1. The van der Waals surface area contributed by atoms with Gasteiger partial charge in [0.25, 0.3) is 0 Å². The SMILES string of the molecule is CO[C@H]1CC[C@H](C(=O)N2Cc3cccnc3Nc3ccc(-c4cnn(C(C)(C)C)c4)cc32)CC1. The molecule has 7 heteroatoms. The van der Waals surface area contributed by atoms with Gasteiger partial charge in [-0.25, -0.2) is 4.98 Å². The second kappa shape index (κ2) is 8.87. The van der Waals surface area contributed by atoms with Crippen molar-refractivity contribution in [2.45, 2.75) is 64.6 Å². The predicted octanol–water partition coefficient (Wildman–Crippen LogP) is 5.50. The molecule has 3 aromatic rings. The molecule has 2 aromatic heterocycles. The molecule has 1 aliphatic carbocycles. The van der Waals surface area contributed by atoms with Crippen molar-refractivity contribution in [3.05, 3.63) is 54.5 Å². The molecule has 2 aliphatic rings. The average molecular weight is 460 g/mol. The number of anilines is 3. The minimum atomic E-state index is -0.0954. The Labute approximate surface area is 201 Å². The van der Waals surface area contributed by atoms with Gasteiger partial charge in [0.2, 0.25) is 5.91 Å². The normalized spacial score (nSPS) is 20.2. The van der Waals surface area contributed by atoms with Gasteiger partial charge in [-0.15, -0.1) is 0 Å². The van der Waals surface area contributed by atoms with Crippen LogP contribution in [0.1, 0.15) is 52.0 Å². The monoisotopic (exact) mass is 459 g/mol. The first-order valence-electron chi connectivity index (χ1n) is 12.1. The third-order valence-corrected chi connectivity index (χ3v) is 6.99. The minimum absolute atomic E-state index is 0.00442. The van der Waals surface area contributed by atoms with Gasteiger partial charge in [-0.2, -0.15) is 5.10 Å². The van der Waals surface area contributed by atoms with E-state index in [1.807, 2.05) is 34.0 Å². The van der Waals surface area contributed by atoms with Crippen LogP contribution in [0, 0.1) is 5.92 Å². The van der Waals surface area contributed by atoms with Gasteiger partial charge in [0.05, 0.1) is 35.8 Å². The van der Waals surface area contributed by atoms with Crippen LogP contribution in [0.3, 0.4) is 0 Å². The Morgan fingerprint density at radius 1 is 1.12 bits per heavy atom. The Morgan fingerprint density at radius 2 is 1.91 bits per heavy atom. The highest BCUT2D eigenvalue weighted by Crippen LogP contribution is 2.40. The Hall–Kier alpha value is -3.19. The topological polar surface area (TPSA) is 72.3 Å². The molecule has 0 atom stereocenters. The summed E-state index contributed by atoms with van der Waals surface area (Å²) in [5.41, 5.74) is 4.77. The van der Waals surface area contributed by atoms with E-state index in [0.717, 1.165) is 59.6 Å². The fraction of sp³-hybridized carbons (Fsp3) is 0.444. The van der Waals surface area contributed by atoms with Gasteiger partial charge in [-0.1, -0.05) is 12.1 Å². The molecule has 0 bridgehead atoms. The number of carbonyl (C=O) groups is 1. The first kappa shape index (κ1) is 22.6. The van der Waals surface area contributed by atoms with Crippen molar-refractivity contribution in [3.63, 3.8) is 0 Å². The molecule has 1 N–H and O–H groups in total. The number of benzene rings is 1. The van der Waals surface area contributed by atoms with E-state index >= 15 is 0 Å². The summed E-state index contributed by atoms with van der Waals surface area (Å²) in [6, 6.07) is 10.2. The molecule has 1 fully saturated rings. The number of nitrogens with one attached hydrogen (secondary N) is 1. The second-order valence-corrected chi connectivity index (χ2v) is 10.3. The lowest BCUT2D eigenvalue weighted by Gasteiger charge is -2.32. The second-order valence-electron chi connectivity index (χ2n) is 10.3. The maximum Gasteiger partial charge on any atom is 0.230 e. The van der Waals surface area contributed by atoms with E-state index in [4.69, 9.17) is 4.74 Å². The largest absolute Gasteiger partial charge is 0.381 e. The molecule has 1 aromatic carbocycles. The Kier molecular flexibility index (Phi) is 5.90. The fourth-order valence-electron chi connectivity index (χ4n) is 4.90. The van der Waals surface area contributed by atoms with Crippen molar-refractivity contribution in [1.82, 2.24) is 14.8 Å². The van der Waals surface area contributed by atoms with Crippen LogP contribution in [-0.4, -0.2) is 33.9 Å². The van der Waals surface area contributed by atoms with Gasteiger partial charge in [0.1, 0.15) is 5.82 Å². The van der Waals surface area contributed by atoms with E-state index in [1.165, 1.54) is 0 Å². The molecule has 0 saturated heterocycles. The van der Waals surface area contributed by atoms with Crippen LogP contribution in [-0.2, 0) is 21.6 Å². The van der Waals surface area contributed by atoms with Crippen molar-refractivity contribution >= 4 is 23.1 Å². The summed E-state index contributed by atoms with van der Waals surface area (Å²) in [6.07, 6.45) is 9.57. The summed E-state index contributed by atoms with van der Waals surface area (Å²) < 4.78 is 7.50. The van der Waals surface area contributed by atoms with Crippen LogP contribution < -0.4 is 10.2 Å². The predicted molar refractivity (Wildman–Crippen MR) is 134 cm³/mol. The van der Waals surface area contributed by atoms with Gasteiger partial charge >= 0.3 is 0 Å². The molecule has 0 radical (unpaired) electrons. The number of aromatic nitrogens is 3. The molecule has 1 aliphatic heterocycles. The van der Waals surface area contributed by atoms with E-state index in [0.29, 0.717) is 6.54 Å². The zero-order valence-electron chi connectivity index (χ0n) is 20.4. The molecular weight excluding hydrogens is 426 g/mol. The Morgan fingerprint density at radius 3 is 2.62 bits per heavy atom. The van der Waals surface area contributed by atoms with Crippen LogP contribution in [0.4, 0.5) is 17.2 Å². The number of carbonyl (C=O) groups excluding carboxylic acids is 1. The maximum atomic E-state index is 13.9. The fourth-order valence-corrected chi connectivity index (χ4v) is 4.90. The van der Waals surface area contributed by atoms with Crippen molar-refractivity contribution < 1.29 is 9.53 Å². The van der Waals surface area contributed by atoms with Crippen molar-refractivity contribution in [1.29, 1.82) is 0 Å². The molecule has 1 saturated carbocycles. The maximum absolute atomic E-state index is 13.9. The molecular formula is C27H33N5O2. The van der Waals surface area contributed by atoms with Crippen LogP contribution in [0.5, 0.6) is 0 Å².